The molecule has 1 saturated carbocycles. The minimum absolute atomic E-state index is 0.0197. The molecule has 3 aromatic rings. The summed E-state index contributed by atoms with van der Waals surface area (Å²) in [5.41, 5.74) is 5.45. The van der Waals surface area contributed by atoms with Crippen LogP contribution in [0.25, 0.3) is 11.1 Å². The number of fused-ring (bicyclic) bond motifs is 1. The van der Waals surface area contributed by atoms with Crippen molar-refractivity contribution in [3.63, 3.8) is 0 Å². The van der Waals surface area contributed by atoms with Gasteiger partial charge in [-0.2, -0.15) is 0 Å². The summed E-state index contributed by atoms with van der Waals surface area (Å²) in [6.07, 6.45) is 6.79. The number of hydrogen-bond donors (Lipinski definition) is 4. The summed E-state index contributed by atoms with van der Waals surface area (Å²) < 4.78 is 13.5. The van der Waals surface area contributed by atoms with Crippen molar-refractivity contribution in [2.45, 2.75) is 134 Å². The van der Waals surface area contributed by atoms with Crippen LogP contribution in [0.3, 0.4) is 0 Å². The Morgan fingerprint density at radius 1 is 0.833 bits per heavy atom. The maximum absolute atomic E-state index is 13.8. The highest BCUT2D eigenvalue weighted by molar-refractivity contribution is 5.82. The van der Waals surface area contributed by atoms with Gasteiger partial charge in [0.1, 0.15) is 0 Å². The zero-order valence-electron chi connectivity index (χ0n) is 32.0. The number of amides is 2. The molecular weight excluding hydrogens is 682 g/mol. The lowest BCUT2D eigenvalue weighted by atomic mass is 9.75. The Balaban J connectivity index is 1.20. The molecule has 290 valence electrons. The summed E-state index contributed by atoms with van der Waals surface area (Å²) >= 11 is 0. The van der Waals surface area contributed by atoms with Crippen molar-refractivity contribution in [1.29, 1.82) is 0 Å². The van der Waals surface area contributed by atoms with E-state index in [1.54, 1.807) is 0 Å². The number of rotatable bonds is 13. The average Bonchev–Trinajstić information content (AvgIpc) is 3.16. The molecule has 0 radical (unpaired) electrons. The van der Waals surface area contributed by atoms with E-state index in [0.29, 0.717) is 37.9 Å². The number of benzene rings is 3. The van der Waals surface area contributed by atoms with Gasteiger partial charge in [0.15, 0.2) is 6.29 Å². The molecule has 0 unspecified atom stereocenters. The zero-order valence-corrected chi connectivity index (χ0v) is 32.0. The first-order chi connectivity index (χ1) is 26.0. The highest BCUT2D eigenvalue weighted by Crippen LogP contribution is 2.42. The maximum atomic E-state index is 13.8. The Hall–Kier alpha value is -4.09. The van der Waals surface area contributed by atoms with E-state index in [9.17, 15) is 19.5 Å². The van der Waals surface area contributed by atoms with Crippen LogP contribution in [0.5, 0.6) is 0 Å². The van der Waals surface area contributed by atoms with E-state index >= 15 is 0 Å². The van der Waals surface area contributed by atoms with Gasteiger partial charge in [-0.3, -0.25) is 19.3 Å². The van der Waals surface area contributed by atoms with Crippen molar-refractivity contribution in [3.05, 3.63) is 95.1 Å². The van der Waals surface area contributed by atoms with Gasteiger partial charge in [0.2, 0.25) is 11.8 Å². The van der Waals surface area contributed by atoms with Crippen molar-refractivity contribution in [2.75, 3.05) is 6.54 Å². The quantitative estimate of drug-likeness (QED) is 0.145. The summed E-state index contributed by atoms with van der Waals surface area (Å²) in [4.78, 5) is 39.2. The topological polar surface area (TPSA) is 137 Å². The van der Waals surface area contributed by atoms with Gasteiger partial charge in [-0.05, 0) is 92.7 Å². The minimum atomic E-state index is -0.901. The van der Waals surface area contributed by atoms with Crippen molar-refractivity contribution in [1.82, 2.24) is 15.5 Å². The lowest BCUT2D eigenvalue weighted by molar-refractivity contribution is -0.255. The zero-order chi connectivity index (χ0) is 38.2. The molecule has 0 aromatic heterocycles. The summed E-state index contributed by atoms with van der Waals surface area (Å²) in [5, 5.41) is 24.7. The number of hydrogen-bond acceptors (Lipinski definition) is 7. The maximum Gasteiger partial charge on any atom is 0.303 e. The van der Waals surface area contributed by atoms with E-state index in [2.05, 4.69) is 27.7 Å². The molecule has 10 heteroatoms. The van der Waals surface area contributed by atoms with Gasteiger partial charge in [0.25, 0.3) is 0 Å². The second kappa shape index (κ2) is 18.0. The monoisotopic (exact) mass is 739 g/mol. The van der Waals surface area contributed by atoms with E-state index < -0.39 is 12.3 Å². The van der Waals surface area contributed by atoms with Crippen LogP contribution in [0, 0.1) is 5.92 Å². The van der Waals surface area contributed by atoms with Crippen LogP contribution in [0.2, 0.25) is 0 Å². The van der Waals surface area contributed by atoms with Gasteiger partial charge in [0, 0.05) is 49.5 Å². The molecule has 0 bridgehead atoms. The Labute approximate surface area is 319 Å². The fraction of sp³-hybridized carbons (Fsp3) is 0.523. The van der Waals surface area contributed by atoms with E-state index in [1.807, 2.05) is 81.4 Å². The summed E-state index contributed by atoms with van der Waals surface area (Å²) in [6.45, 7) is 7.11. The standard InChI is InChI=1S/C44H57N3O7/c1-44(2,3)46-42(52)38-23-22-32-9-4-5-11-37(32)47(38)27-36-25-39(33-16-14-29(28-48)15-17-33)54-43(53-36)34-20-18-31(19-21-34)35-10-6-8-30(24-35)26-45-40(49)12-7-13-41(50)51/h6,8,10,14-21,24,32,36-39,43,48H,4-5,7,9,11-13,22-23,25-28H2,1-3H3,(H,45,49)(H,46,52)(H,50,51)/t32-,36-,37-,38-,39+,43+/m1/s1. The van der Waals surface area contributed by atoms with Gasteiger partial charge in [-0.15, -0.1) is 0 Å². The molecule has 3 fully saturated rings. The molecule has 4 N–H and O–H groups in total. The van der Waals surface area contributed by atoms with Gasteiger partial charge in [-0.1, -0.05) is 79.6 Å². The Morgan fingerprint density at radius 3 is 2.30 bits per heavy atom. The second-order valence-corrected chi connectivity index (χ2v) is 16.3. The van der Waals surface area contributed by atoms with Gasteiger partial charge >= 0.3 is 5.97 Å². The van der Waals surface area contributed by atoms with Crippen LogP contribution in [0.15, 0.2) is 72.8 Å². The SMILES string of the molecule is CC(C)(C)NC(=O)[C@H]1CC[C@H]2CCCC[C@H]2N1C[C@H]1C[C@@H](c2ccc(CO)cc2)O[C@@H](c2ccc(-c3cccc(CNC(=O)CCCC(=O)O)c3)cc2)O1. The molecule has 1 aliphatic carbocycles. The summed E-state index contributed by atoms with van der Waals surface area (Å²) in [6, 6.07) is 24.3. The first-order valence-electron chi connectivity index (χ1n) is 19.7. The predicted molar refractivity (Wildman–Crippen MR) is 207 cm³/mol. The molecule has 3 aromatic carbocycles. The minimum Gasteiger partial charge on any atom is -0.481 e. The number of piperidine rings is 1. The highest BCUT2D eigenvalue weighted by Gasteiger charge is 2.44. The fourth-order valence-corrected chi connectivity index (χ4v) is 8.38. The molecule has 3 aliphatic rings. The third kappa shape index (κ3) is 10.6. The van der Waals surface area contributed by atoms with Crippen LogP contribution >= 0.6 is 0 Å². The lowest BCUT2D eigenvalue weighted by Crippen LogP contribution is -2.61. The third-order valence-corrected chi connectivity index (χ3v) is 11.1. The van der Waals surface area contributed by atoms with Gasteiger partial charge < -0.3 is 30.3 Å². The number of likely N-dealkylation sites (tertiary alicyclic amines) is 1. The largest absolute Gasteiger partial charge is 0.481 e. The molecule has 2 heterocycles. The smallest absolute Gasteiger partial charge is 0.303 e. The summed E-state index contributed by atoms with van der Waals surface area (Å²) in [7, 11) is 0. The van der Waals surface area contributed by atoms with Crippen LogP contribution in [0.1, 0.15) is 120 Å². The molecule has 6 atom stereocenters. The number of aliphatic hydroxyl groups is 1. The Bertz CT molecular complexity index is 1720. The number of nitrogens with zero attached hydrogens (tertiary/aromatic N) is 1. The second-order valence-electron chi connectivity index (χ2n) is 16.3. The van der Waals surface area contributed by atoms with Gasteiger partial charge in [-0.25, -0.2) is 0 Å². The molecular formula is C44H57N3O7. The van der Waals surface area contributed by atoms with E-state index in [1.165, 1.54) is 19.3 Å². The number of ether oxygens (including phenoxy) is 2. The first kappa shape index (κ1) is 39.6. The molecule has 6 rings (SSSR count). The lowest BCUT2D eigenvalue weighted by Gasteiger charge is -2.50. The van der Waals surface area contributed by atoms with Crippen molar-refractivity contribution >= 4 is 17.8 Å². The number of nitrogens with one attached hydrogen (secondary N) is 2. The fourth-order valence-electron chi connectivity index (χ4n) is 8.38. The van der Waals surface area contributed by atoms with Gasteiger partial charge in [0.05, 0.1) is 24.9 Å². The van der Waals surface area contributed by atoms with Crippen molar-refractivity contribution in [3.8, 4) is 11.1 Å². The highest BCUT2D eigenvalue weighted by atomic mass is 16.7. The van der Waals surface area contributed by atoms with E-state index in [-0.39, 0.29) is 55.1 Å². The molecule has 10 nitrogen and oxygen atoms in total. The summed E-state index contributed by atoms with van der Waals surface area (Å²) in [5.74, 6) is -0.367. The number of aliphatic carboxylic acids is 1. The molecule has 2 saturated heterocycles. The molecule has 2 amide bonds. The van der Waals surface area contributed by atoms with Crippen LogP contribution in [-0.4, -0.2) is 63.2 Å². The third-order valence-electron chi connectivity index (χ3n) is 11.1. The van der Waals surface area contributed by atoms with Crippen molar-refractivity contribution in [2.24, 2.45) is 5.92 Å². The van der Waals surface area contributed by atoms with E-state index in [0.717, 1.165) is 52.6 Å². The molecule has 2 aliphatic heterocycles. The van der Waals surface area contributed by atoms with Crippen molar-refractivity contribution < 1.29 is 34.1 Å². The number of carboxylic acid groups (broad SMARTS) is 1. The number of carbonyl (C=O) groups is 3. The average molecular weight is 740 g/mol. The first-order valence-corrected chi connectivity index (χ1v) is 19.7. The molecule has 54 heavy (non-hydrogen) atoms. The Kier molecular flexibility index (Phi) is 13.2. The number of aliphatic hydroxyl groups excluding tert-OH is 1. The Morgan fingerprint density at radius 2 is 1.57 bits per heavy atom. The predicted octanol–water partition coefficient (Wildman–Crippen LogP) is 7.20. The van der Waals surface area contributed by atoms with Crippen LogP contribution < -0.4 is 10.6 Å². The normalized spacial score (nSPS) is 24.7. The number of carbonyl (C=O) groups excluding carboxylic acids is 2. The van der Waals surface area contributed by atoms with Crippen LogP contribution in [0.4, 0.5) is 0 Å². The van der Waals surface area contributed by atoms with E-state index in [4.69, 9.17) is 14.6 Å². The van der Waals surface area contributed by atoms with Crippen LogP contribution in [-0.2, 0) is 37.0 Å². The molecule has 0 spiro atoms. The number of carboxylic acids is 1.